The van der Waals surface area contributed by atoms with Gasteiger partial charge < -0.3 is 23.7 Å². The Morgan fingerprint density at radius 2 is 1.77 bits per heavy atom. The van der Waals surface area contributed by atoms with E-state index in [1.807, 2.05) is 48.2 Å². The summed E-state index contributed by atoms with van der Waals surface area (Å²) in [6.45, 7) is 4.44. The van der Waals surface area contributed by atoms with Gasteiger partial charge in [-0.25, -0.2) is 4.79 Å². The minimum atomic E-state index is -0.473. The molecule has 0 spiro atoms. The molecule has 7 nitrogen and oxygen atoms in total. The number of aryl methyl sites for hydroxylation is 1. The number of anilines is 1. The lowest BCUT2D eigenvalue weighted by molar-refractivity contribution is -0.130. The van der Waals surface area contributed by atoms with Gasteiger partial charge in [-0.15, -0.1) is 0 Å². The minimum Gasteiger partial charge on any atom is -0.497 e. The fourth-order valence-corrected chi connectivity index (χ4v) is 4.06. The van der Waals surface area contributed by atoms with Crippen LogP contribution in [0.15, 0.2) is 51.7 Å². The molecule has 0 aliphatic carbocycles. The first kappa shape index (κ1) is 20.8. The number of ether oxygens (including phenoxy) is 2. The number of para-hydroxylation sites is 2. The molecule has 162 valence electrons. The van der Waals surface area contributed by atoms with Crippen molar-refractivity contribution in [2.45, 2.75) is 13.3 Å². The lowest BCUT2D eigenvalue weighted by atomic mass is 10.0. The van der Waals surface area contributed by atoms with E-state index < -0.39 is 5.63 Å². The fraction of sp³-hybridized carbons (Fsp3) is 0.333. The van der Waals surface area contributed by atoms with Gasteiger partial charge in [-0.3, -0.25) is 4.79 Å². The van der Waals surface area contributed by atoms with Crippen LogP contribution in [0.4, 0.5) is 5.69 Å². The molecule has 1 aliphatic heterocycles. The van der Waals surface area contributed by atoms with E-state index in [4.69, 9.17) is 13.9 Å². The maximum Gasteiger partial charge on any atom is 0.340 e. The Balaban J connectivity index is 1.48. The highest BCUT2D eigenvalue weighted by molar-refractivity contribution is 5.85. The Kier molecular flexibility index (Phi) is 5.84. The first-order chi connectivity index (χ1) is 15.0. The summed E-state index contributed by atoms with van der Waals surface area (Å²) >= 11 is 0. The Labute approximate surface area is 180 Å². The molecule has 7 heteroatoms. The summed E-state index contributed by atoms with van der Waals surface area (Å²) in [5.41, 5.74) is 2.20. The molecule has 0 unspecified atom stereocenters. The number of carbonyl (C=O) groups excluding carboxylic acids is 1. The van der Waals surface area contributed by atoms with Gasteiger partial charge in [0, 0.05) is 37.6 Å². The van der Waals surface area contributed by atoms with Gasteiger partial charge in [0.2, 0.25) is 5.91 Å². The predicted molar refractivity (Wildman–Crippen MR) is 119 cm³/mol. The second kappa shape index (κ2) is 8.71. The molecule has 4 rings (SSSR count). The molecule has 3 aromatic rings. The molecule has 2 heterocycles. The van der Waals surface area contributed by atoms with Gasteiger partial charge in [0.05, 0.1) is 31.9 Å². The van der Waals surface area contributed by atoms with E-state index in [9.17, 15) is 9.59 Å². The van der Waals surface area contributed by atoms with Gasteiger partial charge in [0.15, 0.2) is 0 Å². The number of nitrogens with zero attached hydrogens (tertiary/aromatic N) is 2. The molecule has 0 saturated carbocycles. The van der Waals surface area contributed by atoms with E-state index in [1.54, 1.807) is 20.3 Å². The number of fused-ring (bicyclic) bond motifs is 1. The largest absolute Gasteiger partial charge is 0.497 e. The van der Waals surface area contributed by atoms with Crippen LogP contribution in [0.1, 0.15) is 11.1 Å². The van der Waals surface area contributed by atoms with Crippen LogP contribution in [0, 0.1) is 6.92 Å². The van der Waals surface area contributed by atoms with Crippen molar-refractivity contribution in [1.82, 2.24) is 4.90 Å². The van der Waals surface area contributed by atoms with E-state index in [-0.39, 0.29) is 12.3 Å². The first-order valence-electron chi connectivity index (χ1n) is 10.3. The number of hydrogen-bond donors (Lipinski definition) is 0. The smallest absolute Gasteiger partial charge is 0.340 e. The highest BCUT2D eigenvalue weighted by Gasteiger charge is 2.24. The van der Waals surface area contributed by atoms with Crippen LogP contribution in [-0.4, -0.2) is 51.2 Å². The highest BCUT2D eigenvalue weighted by atomic mass is 16.5. The zero-order valence-corrected chi connectivity index (χ0v) is 18.0. The summed E-state index contributed by atoms with van der Waals surface area (Å²) in [5.74, 6) is 1.37. The van der Waals surface area contributed by atoms with E-state index in [0.29, 0.717) is 43.1 Å². The molecule has 0 radical (unpaired) electrons. The second-order valence-corrected chi connectivity index (χ2v) is 7.57. The van der Waals surface area contributed by atoms with Crippen LogP contribution >= 0.6 is 0 Å². The summed E-state index contributed by atoms with van der Waals surface area (Å²) in [6.07, 6.45) is 0.0325. The number of carbonyl (C=O) groups is 1. The van der Waals surface area contributed by atoms with Gasteiger partial charge >= 0.3 is 5.63 Å². The van der Waals surface area contributed by atoms with Crippen molar-refractivity contribution in [2.75, 3.05) is 45.3 Å². The molecule has 0 atom stereocenters. The normalized spacial score (nSPS) is 14.0. The molecule has 1 amide bonds. The van der Waals surface area contributed by atoms with Crippen molar-refractivity contribution < 1.29 is 18.7 Å². The maximum atomic E-state index is 13.0. The number of benzene rings is 2. The molecule has 1 aromatic heterocycles. The van der Waals surface area contributed by atoms with Crippen LogP contribution in [0.2, 0.25) is 0 Å². The van der Waals surface area contributed by atoms with E-state index in [0.717, 1.165) is 22.4 Å². The van der Waals surface area contributed by atoms with Gasteiger partial charge in [0.25, 0.3) is 0 Å². The summed E-state index contributed by atoms with van der Waals surface area (Å²) in [7, 11) is 3.22. The van der Waals surface area contributed by atoms with Crippen LogP contribution in [0.5, 0.6) is 11.5 Å². The summed E-state index contributed by atoms with van der Waals surface area (Å²) in [6, 6.07) is 13.2. The van der Waals surface area contributed by atoms with Crippen LogP contribution in [-0.2, 0) is 11.2 Å². The maximum absolute atomic E-state index is 13.0. The lowest BCUT2D eigenvalue weighted by Crippen LogP contribution is -2.49. The fourth-order valence-electron chi connectivity index (χ4n) is 4.06. The molecule has 1 fully saturated rings. The predicted octanol–water partition coefficient (Wildman–Crippen LogP) is 3.01. The minimum absolute atomic E-state index is 0.0325. The third-order valence-electron chi connectivity index (χ3n) is 5.88. The SMILES string of the molecule is COc1ccc2c(C)c(CC(=O)N3CCN(c4ccccc4OC)CC3)c(=O)oc2c1. The Bertz CT molecular complexity index is 1160. The van der Waals surface area contributed by atoms with Crippen molar-refractivity contribution in [1.29, 1.82) is 0 Å². The van der Waals surface area contributed by atoms with Crippen LogP contribution in [0.3, 0.4) is 0 Å². The standard InChI is InChI=1S/C24H26N2O5/c1-16-18-9-8-17(29-2)14-22(18)31-24(28)19(16)15-23(27)26-12-10-25(11-13-26)20-6-4-5-7-21(20)30-3/h4-9,14H,10-13,15H2,1-3H3. The van der Waals surface area contributed by atoms with Crippen molar-refractivity contribution in [3.05, 3.63) is 64.0 Å². The average molecular weight is 422 g/mol. The second-order valence-electron chi connectivity index (χ2n) is 7.57. The zero-order valence-electron chi connectivity index (χ0n) is 18.0. The molecular weight excluding hydrogens is 396 g/mol. The monoisotopic (exact) mass is 422 g/mol. The van der Waals surface area contributed by atoms with Crippen LogP contribution in [0.25, 0.3) is 11.0 Å². The van der Waals surface area contributed by atoms with Crippen molar-refractivity contribution in [3.8, 4) is 11.5 Å². The zero-order chi connectivity index (χ0) is 22.0. The molecule has 0 bridgehead atoms. The number of amides is 1. The highest BCUT2D eigenvalue weighted by Crippen LogP contribution is 2.29. The van der Waals surface area contributed by atoms with E-state index in [1.165, 1.54) is 0 Å². The summed E-state index contributed by atoms with van der Waals surface area (Å²) < 4.78 is 16.1. The molecule has 2 aromatic carbocycles. The molecule has 1 saturated heterocycles. The Morgan fingerprint density at radius 1 is 1.03 bits per heavy atom. The number of hydrogen-bond acceptors (Lipinski definition) is 6. The van der Waals surface area contributed by atoms with Gasteiger partial charge in [0.1, 0.15) is 17.1 Å². The Hall–Kier alpha value is -3.48. The first-order valence-corrected chi connectivity index (χ1v) is 10.3. The van der Waals surface area contributed by atoms with Crippen molar-refractivity contribution >= 4 is 22.6 Å². The number of methoxy groups -OCH3 is 2. The van der Waals surface area contributed by atoms with Gasteiger partial charge in [-0.05, 0) is 36.8 Å². The van der Waals surface area contributed by atoms with Gasteiger partial charge in [-0.2, -0.15) is 0 Å². The quantitative estimate of drug-likeness (QED) is 0.589. The third kappa shape index (κ3) is 4.08. The number of piperazine rings is 1. The average Bonchev–Trinajstić information content (AvgIpc) is 2.81. The van der Waals surface area contributed by atoms with Gasteiger partial charge in [-0.1, -0.05) is 12.1 Å². The molecule has 1 aliphatic rings. The van der Waals surface area contributed by atoms with Crippen molar-refractivity contribution in [2.24, 2.45) is 0 Å². The summed E-state index contributed by atoms with van der Waals surface area (Å²) in [5, 5.41) is 0.809. The van der Waals surface area contributed by atoms with E-state index >= 15 is 0 Å². The van der Waals surface area contributed by atoms with Crippen molar-refractivity contribution in [3.63, 3.8) is 0 Å². The lowest BCUT2D eigenvalue weighted by Gasteiger charge is -2.36. The molecular formula is C24H26N2O5. The molecule has 0 N–H and O–H groups in total. The van der Waals surface area contributed by atoms with E-state index in [2.05, 4.69) is 4.90 Å². The van der Waals surface area contributed by atoms with Crippen LogP contribution < -0.4 is 20.0 Å². The summed E-state index contributed by atoms with van der Waals surface area (Å²) in [4.78, 5) is 29.6. The number of rotatable bonds is 5. The Morgan fingerprint density at radius 3 is 2.48 bits per heavy atom. The topological polar surface area (TPSA) is 72.2 Å². The third-order valence-corrected chi connectivity index (χ3v) is 5.88. The molecule has 31 heavy (non-hydrogen) atoms.